The van der Waals surface area contributed by atoms with Crippen molar-refractivity contribution in [2.45, 2.75) is 19.3 Å². The molecule has 1 saturated carbocycles. The van der Waals surface area contributed by atoms with E-state index in [-0.39, 0.29) is 76.8 Å². The van der Waals surface area contributed by atoms with E-state index in [0.29, 0.717) is 5.06 Å². The van der Waals surface area contributed by atoms with Crippen LogP contribution in [0.15, 0.2) is 12.2 Å². The van der Waals surface area contributed by atoms with E-state index in [1.807, 2.05) is 12.2 Å². The number of imide groups is 1. The zero-order valence-electron chi connectivity index (χ0n) is 20.0. The Hall–Kier alpha value is -2.83. The van der Waals surface area contributed by atoms with Crippen LogP contribution in [0.2, 0.25) is 0 Å². The fourth-order valence-corrected chi connectivity index (χ4v) is 4.44. The molecule has 3 aliphatic rings. The quantitative estimate of drug-likeness (QED) is 0.128. The van der Waals surface area contributed by atoms with Gasteiger partial charge in [-0.3, -0.25) is 24.1 Å². The molecule has 2 fully saturated rings. The van der Waals surface area contributed by atoms with Crippen molar-refractivity contribution in [3.63, 3.8) is 0 Å². The van der Waals surface area contributed by atoms with Gasteiger partial charge in [-0.1, -0.05) is 12.2 Å². The van der Waals surface area contributed by atoms with Crippen molar-refractivity contribution in [1.82, 2.24) is 9.96 Å². The van der Waals surface area contributed by atoms with Crippen molar-refractivity contribution in [3.05, 3.63) is 12.2 Å². The number of nitrogens with zero attached hydrogens (tertiary/aromatic N) is 2. The molecule has 0 N–H and O–H groups in total. The van der Waals surface area contributed by atoms with Crippen molar-refractivity contribution >= 4 is 29.7 Å². The first kappa shape index (κ1) is 26.8. The largest absolute Gasteiger partial charge is 0.463 e. The molecule has 12 heteroatoms. The Labute approximate surface area is 203 Å². The Morgan fingerprint density at radius 1 is 0.800 bits per heavy atom. The topological polar surface area (TPSA) is 138 Å². The van der Waals surface area contributed by atoms with Gasteiger partial charge in [0.25, 0.3) is 11.8 Å². The summed E-state index contributed by atoms with van der Waals surface area (Å²) in [5.41, 5.74) is 0. The molecule has 4 unspecified atom stereocenters. The van der Waals surface area contributed by atoms with E-state index in [1.54, 1.807) is 19.0 Å². The van der Waals surface area contributed by atoms with E-state index in [9.17, 15) is 24.0 Å². The molecule has 1 heterocycles. The first-order chi connectivity index (χ1) is 16.8. The van der Waals surface area contributed by atoms with Crippen molar-refractivity contribution < 1.29 is 47.8 Å². The number of esters is 2. The summed E-state index contributed by atoms with van der Waals surface area (Å²) in [7, 11) is 3.54. The standard InChI is InChI=1S/C23H32N2O10/c1-24(2)14-19(28)34-12-10-32-8-7-31-9-11-33-17(26)5-6-18(27)35-25-22(29)20-15-3-4-16(13-15)21(20)23(25)30/h3-4,15-16,20-21H,5-14H2,1-2H3. The van der Waals surface area contributed by atoms with Crippen molar-refractivity contribution in [2.75, 3.05) is 60.3 Å². The molecule has 0 radical (unpaired) electrons. The van der Waals surface area contributed by atoms with Gasteiger partial charge in [-0.15, -0.1) is 5.06 Å². The predicted molar refractivity (Wildman–Crippen MR) is 117 cm³/mol. The summed E-state index contributed by atoms with van der Waals surface area (Å²) in [6, 6.07) is 0. The smallest absolute Gasteiger partial charge is 0.333 e. The lowest BCUT2D eigenvalue weighted by atomic mass is 9.85. The third-order valence-electron chi connectivity index (χ3n) is 5.96. The SMILES string of the molecule is CN(C)CC(=O)OCCOCCOCCOC(=O)CCC(=O)ON1C(=O)C2C3C=CC(C3)C2C1=O. The number of hydrogen-bond acceptors (Lipinski definition) is 11. The molecule has 2 bridgehead atoms. The van der Waals surface area contributed by atoms with Crippen LogP contribution in [0.5, 0.6) is 0 Å². The maximum Gasteiger partial charge on any atom is 0.333 e. The molecule has 12 nitrogen and oxygen atoms in total. The minimum Gasteiger partial charge on any atom is -0.463 e. The molecule has 0 aromatic rings. The van der Waals surface area contributed by atoms with Crippen molar-refractivity contribution in [2.24, 2.45) is 23.7 Å². The zero-order chi connectivity index (χ0) is 25.4. The van der Waals surface area contributed by atoms with Crippen LogP contribution in [-0.4, -0.2) is 100.0 Å². The highest BCUT2D eigenvalue weighted by Gasteiger charge is 2.60. The molecule has 4 atom stereocenters. The van der Waals surface area contributed by atoms with E-state index in [1.165, 1.54) is 0 Å². The van der Waals surface area contributed by atoms with Gasteiger partial charge in [0.15, 0.2) is 0 Å². The molecular weight excluding hydrogens is 464 g/mol. The highest BCUT2D eigenvalue weighted by atomic mass is 16.7. The number of hydroxylamine groups is 2. The Balaban J connectivity index is 1.17. The van der Waals surface area contributed by atoms with Crippen LogP contribution in [0, 0.1) is 23.7 Å². The second kappa shape index (κ2) is 12.8. The summed E-state index contributed by atoms with van der Waals surface area (Å²) >= 11 is 0. The summed E-state index contributed by atoms with van der Waals surface area (Å²) in [6.07, 6.45) is 4.11. The number of fused-ring (bicyclic) bond motifs is 5. The first-order valence-electron chi connectivity index (χ1n) is 11.7. The lowest BCUT2D eigenvalue weighted by molar-refractivity contribution is -0.199. The van der Waals surface area contributed by atoms with Gasteiger partial charge in [0.05, 0.1) is 57.6 Å². The molecule has 2 amide bonds. The van der Waals surface area contributed by atoms with Crippen LogP contribution in [-0.2, 0) is 47.8 Å². The Morgan fingerprint density at radius 2 is 1.29 bits per heavy atom. The number of allylic oxidation sites excluding steroid dienone is 2. The zero-order valence-corrected chi connectivity index (χ0v) is 20.0. The Morgan fingerprint density at radius 3 is 1.83 bits per heavy atom. The predicted octanol–water partition coefficient (Wildman–Crippen LogP) is -0.287. The summed E-state index contributed by atoms with van der Waals surface area (Å²) in [4.78, 5) is 66.8. The Kier molecular flexibility index (Phi) is 9.75. The van der Waals surface area contributed by atoms with Crippen LogP contribution in [0.3, 0.4) is 0 Å². The van der Waals surface area contributed by atoms with Gasteiger partial charge in [0, 0.05) is 0 Å². The average Bonchev–Trinajstić information content (AvgIpc) is 3.48. The molecule has 0 spiro atoms. The lowest BCUT2D eigenvalue weighted by Gasteiger charge is -2.15. The number of ether oxygens (including phenoxy) is 4. The van der Waals surface area contributed by atoms with Gasteiger partial charge in [-0.05, 0) is 32.4 Å². The van der Waals surface area contributed by atoms with E-state index >= 15 is 0 Å². The van der Waals surface area contributed by atoms with Crippen molar-refractivity contribution in [1.29, 1.82) is 0 Å². The highest BCUT2D eigenvalue weighted by Crippen LogP contribution is 2.52. The van der Waals surface area contributed by atoms with E-state index in [4.69, 9.17) is 23.8 Å². The number of carbonyl (C=O) groups is 5. The van der Waals surface area contributed by atoms with Gasteiger partial charge in [0.2, 0.25) is 0 Å². The molecule has 194 valence electrons. The number of rotatable bonds is 15. The van der Waals surface area contributed by atoms with Crippen LogP contribution < -0.4 is 0 Å². The summed E-state index contributed by atoms with van der Waals surface area (Å²) < 4.78 is 20.5. The lowest BCUT2D eigenvalue weighted by Crippen LogP contribution is -2.35. The van der Waals surface area contributed by atoms with Crippen LogP contribution in [0.1, 0.15) is 19.3 Å². The summed E-state index contributed by atoms with van der Waals surface area (Å²) in [5, 5.41) is 0.568. The molecule has 0 aromatic heterocycles. The van der Waals surface area contributed by atoms with Gasteiger partial charge >= 0.3 is 17.9 Å². The normalized spacial score (nSPS) is 24.3. The van der Waals surface area contributed by atoms with Crippen LogP contribution >= 0.6 is 0 Å². The van der Waals surface area contributed by atoms with Gasteiger partial charge in [0.1, 0.15) is 13.2 Å². The van der Waals surface area contributed by atoms with E-state index in [2.05, 4.69) is 0 Å². The molecule has 35 heavy (non-hydrogen) atoms. The fourth-order valence-electron chi connectivity index (χ4n) is 4.44. The summed E-state index contributed by atoms with van der Waals surface area (Å²) in [5.74, 6) is -3.63. The highest BCUT2D eigenvalue weighted by molar-refractivity contribution is 6.06. The molecule has 2 aliphatic carbocycles. The van der Waals surface area contributed by atoms with Gasteiger partial charge in [-0.2, -0.15) is 0 Å². The molecule has 3 rings (SSSR count). The molecule has 1 aliphatic heterocycles. The average molecular weight is 497 g/mol. The minimum absolute atomic E-state index is 0.00172. The van der Waals surface area contributed by atoms with Crippen LogP contribution in [0.4, 0.5) is 0 Å². The summed E-state index contributed by atoms with van der Waals surface area (Å²) in [6.45, 7) is 1.32. The third kappa shape index (κ3) is 7.33. The second-order valence-corrected chi connectivity index (χ2v) is 8.84. The third-order valence-corrected chi connectivity index (χ3v) is 5.96. The van der Waals surface area contributed by atoms with Gasteiger partial charge in [-0.25, -0.2) is 4.79 Å². The monoisotopic (exact) mass is 496 g/mol. The number of likely N-dealkylation sites (N-methyl/N-ethyl adjacent to an activating group) is 1. The number of amides is 2. The van der Waals surface area contributed by atoms with Crippen LogP contribution in [0.25, 0.3) is 0 Å². The maximum absolute atomic E-state index is 12.5. The Bertz CT molecular complexity index is 812. The molecule has 1 saturated heterocycles. The van der Waals surface area contributed by atoms with Gasteiger partial charge < -0.3 is 23.8 Å². The second-order valence-electron chi connectivity index (χ2n) is 8.84. The maximum atomic E-state index is 12.5. The van der Waals surface area contributed by atoms with Crippen molar-refractivity contribution in [3.8, 4) is 0 Å². The van der Waals surface area contributed by atoms with E-state index in [0.717, 1.165) is 6.42 Å². The molecule has 0 aromatic carbocycles. The molecular formula is C23H32N2O10. The number of hydrogen-bond donors (Lipinski definition) is 0. The minimum atomic E-state index is -0.843. The number of carbonyl (C=O) groups excluding carboxylic acids is 5. The first-order valence-corrected chi connectivity index (χ1v) is 11.7. The van der Waals surface area contributed by atoms with E-state index < -0.39 is 35.6 Å². The fraction of sp³-hybridized carbons (Fsp3) is 0.696.